The molecule has 9 rings (SSSR count). The molecule has 0 saturated carbocycles. The van der Waals surface area contributed by atoms with Crippen molar-refractivity contribution in [3.63, 3.8) is 0 Å². The molecule has 14 heteroatoms. The maximum absolute atomic E-state index is 14.6. The summed E-state index contributed by atoms with van der Waals surface area (Å²) in [5.41, 5.74) is 1.63. The number of carbonyl (C=O) groups is 2. The summed E-state index contributed by atoms with van der Waals surface area (Å²) in [6, 6.07) is 57.7. The van der Waals surface area contributed by atoms with Gasteiger partial charge >= 0.3 is 0 Å². The van der Waals surface area contributed by atoms with Crippen LogP contribution in [0.25, 0.3) is 40.4 Å². The van der Waals surface area contributed by atoms with Crippen LogP contribution in [0.15, 0.2) is 182 Å². The lowest BCUT2D eigenvalue weighted by molar-refractivity contribution is -0.119. The zero-order valence-electron chi connectivity index (χ0n) is 38.5. The van der Waals surface area contributed by atoms with Gasteiger partial charge in [0, 0.05) is 71.4 Å². The Hall–Kier alpha value is -6.10. The molecule has 70 heavy (non-hydrogen) atoms. The zero-order chi connectivity index (χ0) is 48.5. The molecule has 4 heterocycles. The van der Waals surface area contributed by atoms with Crippen molar-refractivity contribution in [2.24, 2.45) is 0 Å². The second kappa shape index (κ2) is 22.3. The van der Waals surface area contributed by atoms with Gasteiger partial charge in [0.05, 0.1) is 25.4 Å². The second-order valence-electron chi connectivity index (χ2n) is 16.5. The lowest BCUT2D eigenvalue weighted by Crippen LogP contribution is -2.33. The zero-order valence-corrected chi connectivity index (χ0v) is 43.6. The molecule has 8 nitrogen and oxygen atoms in total. The van der Waals surface area contributed by atoms with Crippen molar-refractivity contribution in [3.05, 3.63) is 192 Å². The molecule has 354 valence electrons. The molecular weight excluding hydrogens is 987 g/mol. The molecule has 0 aliphatic heterocycles. The number of hydrogen-bond donors (Lipinski definition) is 2. The molecule has 0 saturated heterocycles. The molecule has 0 aliphatic rings. The van der Waals surface area contributed by atoms with Crippen LogP contribution >= 0.6 is 59.6 Å². The molecular formula is C56H50N2O6P2S4. The minimum atomic E-state index is -3.27. The van der Waals surface area contributed by atoms with Gasteiger partial charge in [0.15, 0.2) is 14.3 Å². The first-order valence-corrected chi connectivity index (χ1v) is 29.8. The van der Waals surface area contributed by atoms with Gasteiger partial charge in [0.25, 0.3) is 0 Å². The third kappa shape index (κ3) is 11.4. The maximum atomic E-state index is 14.6. The van der Waals surface area contributed by atoms with E-state index in [1.54, 1.807) is 45.3 Å². The second-order valence-corrected chi connectivity index (χ2v) is 26.9. The predicted molar refractivity (Wildman–Crippen MR) is 295 cm³/mol. The van der Waals surface area contributed by atoms with Crippen LogP contribution in [0, 0.1) is 13.8 Å². The highest BCUT2D eigenvalue weighted by Gasteiger charge is 2.31. The van der Waals surface area contributed by atoms with Gasteiger partial charge in [-0.05, 0) is 74.5 Å². The van der Waals surface area contributed by atoms with Crippen molar-refractivity contribution in [2.75, 3.05) is 38.6 Å². The lowest BCUT2D eigenvalue weighted by Gasteiger charge is -2.20. The number of carbonyl (C=O) groups excluding carboxylic acids is 2. The number of ether oxygens (including phenoxy) is 2. The normalized spacial score (nSPS) is 11.6. The Morgan fingerprint density at radius 2 is 0.714 bits per heavy atom. The molecule has 0 atom stereocenters. The number of nitrogens with one attached hydrogen (secondary N) is 2. The molecule has 2 N–H and O–H groups in total. The summed E-state index contributed by atoms with van der Waals surface area (Å²) < 4.78 is 42.6. The van der Waals surface area contributed by atoms with Crippen molar-refractivity contribution in [3.8, 4) is 51.9 Å². The Labute approximate surface area is 424 Å². The number of thiophene rings is 4. The number of aryl methyl sites for hydroxylation is 2. The molecule has 0 aliphatic carbocycles. The fraction of sp³-hybridized carbons (Fsp3) is 0.143. The van der Waals surface area contributed by atoms with Crippen LogP contribution in [0.5, 0.6) is 11.5 Å². The molecule has 5 aromatic carbocycles. The molecule has 0 spiro atoms. The highest BCUT2D eigenvalue weighted by Crippen LogP contribution is 2.48. The van der Waals surface area contributed by atoms with Crippen LogP contribution in [0.2, 0.25) is 0 Å². The van der Waals surface area contributed by atoms with Gasteiger partial charge in [-0.1, -0.05) is 121 Å². The van der Waals surface area contributed by atoms with Crippen molar-refractivity contribution < 1.29 is 28.2 Å². The Bertz CT molecular complexity index is 3000. The van der Waals surface area contributed by atoms with Crippen molar-refractivity contribution in [1.29, 1.82) is 0 Å². The monoisotopic (exact) mass is 1040 g/mol. The van der Waals surface area contributed by atoms with Crippen LogP contribution in [-0.4, -0.2) is 50.4 Å². The average Bonchev–Trinajstić information content (AvgIpc) is 4.24. The minimum Gasteiger partial charge on any atom is -0.491 e. The molecule has 0 fully saturated rings. The summed E-state index contributed by atoms with van der Waals surface area (Å²) in [5, 5.41) is 8.49. The quantitative estimate of drug-likeness (QED) is 0.0581. The molecule has 0 unspecified atom stereocenters. The summed E-state index contributed by atoms with van der Waals surface area (Å²) in [5.74, 6) is 0.561. The Kier molecular flexibility index (Phi) is 15.6. The van der Waals surface area contributed by atoms with E-state index in [9.17, 15) is 18.7 Å². The summed E-state index contributed by atoms with van der Waals surface area (Å²) in [4.78, 5) is 36.2. The Balaban J connectivity index is 0.980. The van der Waals surface area contributed by atoms with Gasteiger partial charge in [-0.25, -0.2) is 0 Å². The highest BCUT2D eigenvalue weighted by atomic mass is 32.1. The van der Waals surface area contributed by atoms with Gasteiger partial charge in [0.2, 0.25) is 11.8 Å². The summed E-state index contributed by atoms with van der Waals surface area (Å²) in [7, 11) is -6.55. The Morgan fingerprint density at radius 1 is 0.414 bits per heavy atom. The molecule has 0 radical (unpaired) electrons. The van der Waals surface area contributed by atoms with Gasteiger partial charge < -0.3 is 29.2 Å². The number of benzene rings is 5. The predicted octanol–water partition coefficient (Wildman–Crippen LogP) is 12.2. The third-order valence-electron chi connectivity index (χ3n) is 11.6. The summed E-state index contributed by atoms with van der Waals surface area (Å²) in [6.45, 7) is 4.85. The minimum absolute atomic E-state index is 0.147. The van der Waals surface area contributed by atoms with Gasteiger partial charge in [0.1, 0.15) is 24.7 Å². The fourth-order valence-corrected chi connectivity index (χ4v) is 17.0. The van der Waals surface area contributed by atoms with Crippen LogP contribution in [0.3, 0.4) is 0 Å². The van der Waals surface area contributed by atoms with E-state index in [2.05, 4.69) is 73.0 Å². The topological polar surface area (TPSA) is 111 Å². The SMILES string of the molecule is Cc1ccc(-c2ccc(-c3cc(OCCNC(=O)CP(=O)(c4ccccc4)c4ccccc4)c(-c4ccc(-c5ccc(C)s5)s4)cc3OCCNC(=O)CP(=O)(c3ccccc3)c3ccccc3)s2)s1. The van der Waals surface area contributed by atoms with Crippen LogP contribution in [0.1, 0.15) is 9.75 Å². The summed E-state index contributed by atoms with van der Waals surface area (Å²) in [6.07, 6.45) is -0.347. The lowest BCUT2D eigenvalue weighted by atomic mass is 10.1. The van der Waals surface area contributed by atoms with E-state index in [0.717, 1.165) is 30.6 Å². The molecule has 4 aromatic heterocycles. The number of hydrogen-bond acceptors (Lipinski definition) is 10. The van der Waals surface area contributed by atoms with E-state index in [1.165, 1.54) is 19.5 Å². The highest BCUT2D eigenvalue weighted by molar-refractivity contribution is 7.79. The van der Waals surface area contributed by atoms with Crippen LogP contribution in [-0.2, 0) is 18.7 Å². The van der Waals surface area contributed by atoms with Crippen molar-refractivity contribution in [2.45, 2.75) is 13.8 Å². The standard InChI is InChI=1S/C56H50N2O6P2S4/c1-39-23-25-51(67-39)53-29-27-49(69-53)45-35-48(64-34-32-58-56(60)38-66(62,43-19-11-5-12-20-43)44-21-13-6-14-22-44)46(50-28-30-54(70-50)52-26-24-40(2)68-52)36-47(45)63-33-31-57-55(59)37-65(61,41-15-7-3-8-16-41)42-17-9-4-10-18-42/h3-30,35-36H,31-34,37-38H2,1-2H3,(H,57,59)(H,58,60). The largest absolute Gasteiger partial charge is 0.491 e. The molecule has 9 aromatic rings. The van der Waals surface area contributed by atoms with Crippen molar-refractivity contribution >= 4 is 92.7 Å². The average molecular weight is 1040 g/mol. The number of amides is 2. The molecule has 0 bridgehead atoms. The van der Waals surface area contributed by atoms with E-state index in [0.29, 0.717) is 32.7 Å². The van der Waals surface area contributed by atoms with Crippen LogP contribution < -0.4 is 41.3 Å². The van der Waals surface area contributed by atoms with Crippen LogP contribution in [0.4, 0.5) is 0 Å². The number of rotatable bonds is 20. The van der Waals surface area contributed by atoms with E-state index in [1.807, 2.05) is 133 Å². The third-order valence-corrected chi connectivity index (χ3v) is 22.2. The van der Waals surface area contributed by atoms with Crippen molar-refractivity contribution in [1.82, 2.24) is 10.6 Å². The first kappa shape index (κ1) is 48.9. The Morgan fingerprint density at radius 3 is 1.03 bits per heavy atom. The first-order valence-electron chi connectivity index (χ1n) is 22.8. The van der Waals surface area contributed by atoms with E-state index in [-0.39, 0.29) is 50.4 Å². The van der Waals surface area contributed by atoms with Gasteiger partial charge in [-0.3, -0.25) is 9.59 Å². The maximum Gasteiger partial charge on any atom is 0.228 e. The molecule has 2 amide bonds. The fourth-order valence-electron chi connectivity index (χ4n) is 8.11. The van der Waals surface area contributed by atoms with E-state index in [4.69, 9.17) is 9.47 Å². The van der Waals surface area contributed by atoms with Gasteiger partial charge in [-0.2, -0.15) is 0 Å². The van der Waals surface area contributed by atoms with E-state index < -0.39 is 14.3 Å². The first-order chi connectivity index (χ1) is 34.1. The van der Waals surface area contributed by atoms with E-state index >= 15 is 0 Å². The van der Waals surface area contributed by atoms with Gasteiger partial charge in [-0.15, -0.1) is 45.3 Å². The summed E-state index contributed by atoms with van der Waals surface area (Å²) >= 11 is 6.79. The smallest absolute Gasteiger partial charge is 0.228 e.